The van der Waals surface area contributed by atoms with Gasteiger partial charge in [-0.25, -0.2) is 0 Å². The number of rotatable bonds is 2. The van der Waals surface area contributed by atoms with Gasteiger partial charge in [-0.15, -0.1) is 0 Å². The van der Waals surface area contributed by atoms with Gasteiger partial charge < -0.3 is 9.84 Å². The average molecular weight is 258 g/mol. The van der Waals surface area contributed by atoms with Crippen LogP contribution in [0.3, 0.4) is 0 Å². The number of benzene rings is 1. The van der Waals surface area contributed by atoms with Gasteiger partial charge in [0.1, 0.15) is 11.4 Å². The van der Waals surface area contributed by atoms with Crippen molar-refractivity contribution < 1.29 is 9.84 Å². The summed E-state index contributed by atoms with van der Waals surface area (Å²) in [6, 6.07) is 6.48. The Bertz CT molecular complexity index is 542. The van der Waals surface area contributed by atoms with Gasteiger partial charge in [0, 0.05) is 5.56 Å². The second-order valence-electron chi connectivity index (χ2n) is 6.54. The molecule has 1 aliphatic carbocycles. The van der Waals surface area contributed by atoms with Crippen molar-refractivity contribution >= 4 is 5.57 Å². The molecule has 3 unspecified atom stereocenters. The van der Waals surface area contributed by atoms with Crippen LogP contribution in [0.2, 0.25) is 0 Å². The van der Waals surface area contributed by atoms with E-state index in [1.165, 1.54) is 16.7 Å². The van der Waals surface area contributed by atoms with E-state index < -0.39 is 0 Å². The van der Waals surface area contributed by atoms with E-state index in [-0.39, 0.29) is 11.7 Å². The Morgan fingerprint density at radius 3 is 2.68 bits per heavy atom. The summed E-state index contributed by atoms with van der Waals surface area (Å²) in [6.45, 7) is 8.50. The highest BCUT2D eigenvalue weighted by Crippen LogP contribution is 2.45. The molecule has 0 aromatic heterocycles. The van der Waals surface area contributed by atoms with Gasteiger partial charge in [-0.1, -0.05) is 19.1 Å². The third-order valence-electron chi connectivity index (χ3n) is 4.34. The Morgan fingerprint density at radius 2 is 2.05 bits per heavy atom. The van der Waals surface area contributed by atoms with Crippen LogP contribution in [0.4, 0.5) is 0 Å². The smallest absolute Gasteiger partial charge is 0.128 e. The molecule has 2 nitrogen and oxygen atoms in total. The normalized spacial score (nSPS) is 29.0. The van der Waals surface area contributed by atoms with E-state index >= 15 is 0 Å². The van der Waals surface area contributed by atoms with E-state index in [9.17, 15) is 5.11 Å². The lowest BCUT2D eigenvalue weighted by molar-refractivity contribution is 0.157. The number of hydrogen-bond donors (Lipinski definition) is 1. The molecule has 1 aromatic carbocycles. The minimum Gasteiger partial charge on any atom is -0.483 e. The number of ether oxygens (including phenoxy) is 1. The van der Waals surface area contributed by atoms with Gasteiger partial charge >= 0.3 is 0 Å². The Balaban J connectivity index is 1.94. The number of hydrogen-bond acceptors (Lipinski definition) is 2. The zero-order chi connectivity index (χ0) is 13.8. The largest absolute Gasteiger partial charge is 0.483 e. The molecule has 3 atom stereocenters. The van der Waals surface area contributed by atoms with Gasteiger partial charge in [-0.2, -0.15) is 0 Å². The highest BCUT2D eigenvalue weighted by Gasteiger charge is 2.40. The van der Waals surface area contributed by atoms with Crippen molar-refractivity contribution in [1.82, 2.24) is 0 Å². The van der Waals surface area contributed by atoms with Crippen molar-refractivity contribution in [3.63, 3.8) is 0 Å². The second-order valence-corrected chi connectivity index (χ2v) is 6.54. The molecule has 0 spiro atoms. The number of fused-ring (bicyclic) bond motifs is 1. The zero-order valence-corrected chi connectivity index (χ0v) is 12.1. The Kier molecular flexibility index (Phi) is 2.75. The summed E-state index contributed by atoms with van der Waals surface area (Å²) >= 11 is 0. The van der Waals surface area contributed by atoms with Crippen molar-refractivity contribution in [1.29, 1.82) is 0 Å². The summed E-state index contributed by atoms with van der Waals surface area (Å²) in [5.41, 5.74) is 3.49. The number of aliphatic hydroxyl groups is 1. The molecule has 2 aliphatic rings. The average Bonchev–Trinajstić information content (AvgIpc) is 3.03. The molecular formula is C17H22O2. The zero-order valence-electron chi connectivity index (χ0n) is 12.1. The second kappa shape index (κ2) is 4.11. The molecule has 1 fully saturated rings. The van der Waals surface area contributed by atoms with Crippen LogP contribution in [-0.2, 0) is 0 Å². The van der Waals surface area contributed by atoms with E-state index in [0.717, 1.165) is 12.2 Å². The Hall–Kier alpha value is -1.28. The van der Waals surface area contributed by atoms with Crippen LogP contribution in [0, 0.1) is 5.92 Å². The van der Waals surface area contributed by atoms with Crippen LogP contribution in [0.5, 0.6) is 5.75 Å². The van der Waals surface area contributed by atoms with E-state index in [1.54, 1.807) is 0 Å². The van der Waals surface area contributed by atoms with Gasteiger partial charge in [0.05, 0.1) is 6.10 Å². The molecule has 0 amide bonds. The van der Waals surface area contributed by atoms with Crippen LogP contribution in [0.25, 0.3) is 5.57 Å². The standard InChI is InChI=1S/C17H22O2/c1-10-9-17(3,4)19-16-7-12(5-6-13(10)16)11(2)14-8-15(14)18/h5-7,9,11,14-15,18H,8H2,1-4H3. The lowest BCUT2D eigenvalue weighted by atomic mass is 9.90. The van der Waals surface area contributed by atoms with Crippen LogP contribution in [0.1, 0.15) is 51.2 Å². The van der Waals surface area contributed by atoms with Crippen LogP contribution in [0.15, 0.2) is 24.3 Å². The van der Waals surface area contributed by atoms with Crippen LogP contribution < -0.4 is 4.74 Å². The predicted molar refractivity (Wildman–Crippen MR) is 77.3 cm³/mol. The molecule has 1 aliphatic heterocycles. The molecule has 1 aromatic rings. The predicted octanol–water partition coefficient (Wildman–Crippen LogP) is 3.75. The maximum atomic E-state index is 9.58. The molecule has 0 radical (unpaired) electrons. The summed E-state index contributed by atoms with van der Waals surface area (Å²) in [5.74, 6) is 1.80. The third kappa shape index (κ3) is 2.30. The maximum absolute atomic E-state index is 9.58. The van der Waals surface area contributed by atoms with Crippen molar-refractivity contribution in [3.05, 3.63) is 35.4 Å². The van der Waals surface area contributed by atoms with E-state index in [1.807, 2.05) is 0 Å². The Labute approximate surface area is 115 Å². The molecule has 1 heterocycles. The summed E-state index contributed by atoms with van der Waals surface area (Å²) in [7, 11) is 0. The van der Waals surface area contributed by atoms with Gasteiger partial charge in [0.2, 0.25) is 0 Å². The molecule has 1 N–H and O–H groups in total. The van der Waals surface area contributed by atoms with Crippen molar-refractivity contribution in [3.8, 4) is 5.75 Å². The molecule has 102 valence electrons. The molecule has 19 heavy (non-hydrogen) atoms. The molecule has 3 rings (SSSR count). The minimum atomic E-state index is -0.238. The van der Waals surface area contributed by atoms with Gasteiger partial charge in [0.25, 0.3) is 0 Å². The Morgan fingerprint density at radius 1 is 1.37 bits per heavy atom. The van der Waals surface area contributed by atoms with Crippen molar-refractivity contribution in [2.24, 2.45) is 5.92 Å². The number of aliphatic hydroxyl groups excluding tert-OH is 1. The fraction of sp³-hybridized carbons (Fsp3) is 0.529. The first kappa shape index (κ1) is 12.7. The van der Waals surface area contributed by atoms with Crippen LogP contribution in [-0.4, -0.2) is 16.8 Å². The number of allylic oxidation sites excluding steroid dienone is 1. The third-order valence-corrected chi connectivity index (χ3v) is 4.34. The van der Waals surface area contributed by atoms with Gasteiger partial charge in [0.15, 0.2) is 0 Å². The summed E-state index contributed by atoms with van der Waals surface area (Å²) in [5, 5.41) is 9.58. The van der Waals surface area contributed by atoms with Gasteiger partial charge in [-0.3, -0.25) is 0 Å². The maximum Gasteiger partial charge on any atom is 0.128 e. The first-order chi connectivity index (χ1) is 8.87. The lowest BCUT2D eigenvalue weighted by Crippen LogP contribution is -2.28. The summed E-state index contributed by atoms with van der Waals surface area (Å²) in [4.78, 5) is 0. The summed E-state index contributed by atoms with van der Waals surface area (Å²) in [6.07, 6.45) is 3.00. The summed E-state index contributed by atoms with van der Waals surface area (Å²) < 4.78 is 6.07. The first-order valence-corrected chi connectivity index (χ1v) is 7.08. The molecule has 2 heteroatoms. The molecule has 1 saturated carbocycles. The van der Waals surface area contributed by atoms with Gasteiger partial charge in [-0.05, 0) is 62.3 Å². The molecule has 0 saturated heterocycles. The fourth-order valence-electron chi connectivity index (χ4n) is 3.13. The highest BCUT2D eigenvalue weighted by molar-refractivity contribution is 5.72. The fourth-order valence-corrected chi connectivity index (χ4v) is 3.13. The quantitative estimate of drug-likeness (QED) is 0.875. The van der Waals surface area contributed by atoms with E-state index in [0.29, 0.717) is 11.8 Å². The van der Waals surface area contributed by atoms with Crippen LogP contribution >= 0.6 is 0 Å². The van der Waals surface area contributed by atoms with E-state index in [4.69, 9.17) is 4.74 Å². The first-order valence-electron chi connectivity index (χ1n) is 7.08. The monoisotopic (exact) mass is 258 g/mol. The SMILES string of the molecule is CC1=CC(C)(C)Oc2cc(C(C)C3CC3O)ccc21. The highest BCUT2D eigenvalue weighted by atomic mass is 16.5. The lowest BCUT2D eigenvalue weighted by Gasteiger charge is -2.31. The molecule has 0 bridgehead atoms. The topological polar surface area (TPSA) is 29.5 Å². The van der Waals surface area contributed by atoms with Crippen molar-refractivity contribution in [2.75, 3.05) is 0 Å². The van der Waals surface area contributed by atoms with Crippen molar-refractivity contribution in [2.45, 2.75) is 51.7 Å². The molecular weight excluding hydrogens is 236 g/mol. The minimum absolute atomic E-state index is 0.106. The van der Waals surface area contributed by atoms with E-state index in [2.05, 4.69) is 52.0 Å².